The number of aromatic amines is 1. The fourth-order valence-electron chi connectivity index (χ4n) is 1.47. The Balaban J connectivity index is 2.10. The summed E-state index contributed by atoms with van der Waals surface area (Å²) in [6.45, 7) is 4.10. The summed E-state index contributed by atoms with van der Waals surface area (Å²) in [6.07, 6.45) is 3.55. The highest BCUT2D eigenvalue weighted by Crippen LogP contribution is 2.26. The molecule has 2 rings (SSSR count). The van der Waals surface area contributed by atoms with Gasteiger partial charge >= 0.3 is 5.97 Å². The quantitative estimate of drug-likeness (QED) is 0.811. The second-order valence-corrected chi connectivity index (χ2v) is 4.50. The van der Waals surface area contributed by atoms with Crippen molar-refractivity contribution < 1.29 is 9.53 Å². The van der Waals surface area contributed by atoms with E-state index in [4.69, 9.17) is 4.74 Å². The number of carbonyl (C=O) groups excluding carboxylic acids is 1. The second-order valence-electron chi connectivity index (χ2n) is 3.65. The Labute approximate surface area is 108 Å². The smallest absolute Gasteiger partial charge is 0.360 e. The number of anilines is 1. The van der Waals surface area contributed by atoms with Crippen LogP contribution in [0.5, 0.6) is 0 Å². The van der Waals surface area contributed by atoms with Gasteiger partial charge in [-0.1, -0.05) is 0 Å². The molecular weight excluding hydrogens is 252 g/mol. The molecular formula is C11H14N4O2S. The lowest BCUT2D eigenvalue weighted by molar-refractivity contribution is 0.0521. The summed E-state index contributed by atoms with van der Waals surface area (Å²) in [4.78, 5) is 15.7. The lowest BCUT2D eigenvalue weighted by atomic mass is 10.2. The van der Waals surface area contributed by atoms with Crippen LogP contribution in [0.15, 0.2) is 17.9 Å². The zero-order valence-corrected chi connectivity index (χ0v) is 11.0. The Morgan fingerprint density at radius 1 is 1.67 bits per heavy atom. The molecule has 2 aromatic heterocycles. The van der Waals surface area contributed by atoms with Crippen LogP contribution >= 0.6 is 11.3 Å². The molecule has 96 valence electrons. The van der Waals surface area contributed by atoms with Gasteiger partial charge in [-0.25, -0.2) is 9.78 Å². The highest BCUT2D eigenvalue weighted by molar-refractivity contribution is 7.14. The third-order valence-electron chi connectivity index (χ3n) is 2.40. The molecule has 0 bridgehead atoms. The van der Waals surface area contributed by atoms with Gasteiger partial charge in [-0.2, -0.15) is 5.10 Å². The van der Waals surface area contributed by atoms with Gasteiger partial charge in [0.2, 0.25) is 0 Å². The molecule has 2 aromatic rings. The van der Waals surface area contributed by atoms with Gasteiger partial charge in [0, 0.05) is 11.8 Å². The molecule has 18 heavy (non-hydrogen) atoms. The molecule has 0 fully saturated rings. The van der Waals surface area contributed by atoms with Crippen molar-refractivity contribution in [1.82, 2.24) is 15.2 Å². The molecule has 0 spiro atoms. The van der Waals surface area contributed by atoms with Crippen molar-refractivity contribution in [3.05, 3.63) is 29.2 Å². The average Bonchev–Trinajstić information content (AvgIpc) is 2.99. The minimum Gasteiger partial charge on any atom is -0.461 e. The monoisotopic (exact) mass is 266 g/mol. The molecule has 0 saturated heterocycles. The number of esters is 1. The summed E-state index contributed by atoms with van der Waals surface area (Å²) < 4.78 is 4.95. The highest BCUT2D eigenvalue weighted by atomic mass is 32.1. The molecule has 0 radical (unpaired) electrons. The van der Waals surface area contributed by atoms with Crippen molar-refractivity contribution in [3.8, 4) is 0 Å². The predicted molar refractivity (Wildman–Crippen MR) is 68.7 cm³/mol. The van der Waals surface area contributed by atoms with E-state index in [1.807, 2.05) is 13.1 Å². The van der Waals surface area contributed by atoms with Crippen molar-refractivity contribution in [3.63, 3.8) is 0 Å². The molecule has 2 N–H and O–H groups in total. The molecule has 1 unspecified atom stereocenters. The van der Waals surface area contributed by atoms with Gasteiger partial charge in [-0.15, -0.1) is 11.3 Å². The van der Waals surface area contributed by atoms with Crippen molar-refractivity contribution in [1.29, 1.82) is 0 Å². The zero-order valence-electron chi connectivity index (χ0n) is 10.1. The van der Waals surface area contributed by atoms with Crippen LogP contribution < -0.4 is 5.32 Å². The summed E-state index contributed by atoms with van der Waals surface area (Å²) in [5, 5.41) is 10.6. The maximum atomic E-state index is 11.7. The fraction of sp³-hybridized carbons (Fsp3) is 0.364. The van der Waals surface area contributed by atoms with Crippen LogP contribution in [0.4, 0.5) is 5.00 Å². The van der Waals surface area contributed by atoms with E-state index < -0.39 is 5.97 Å². The molecule has 0 saturated carbocycles. The Hall–Kier alpha value is -1.89. The summed E-state index contributed by atoms with van der Waals surface area (Å²) in [6, 6.07) is 0.0392. The maximum Gasteiger partial charge on any atom is 0.360 e. The van der Waals surface area contributed by atoms with Gasteiger partial charge < -0.3 is 10.1 Å². The molecule has 0 aliphatic carbocycles. The summed E-state index contributed by atoms with van der Waals surface area (Å²) in [5.41, 5.74) is 2.96. The minimum atomic E-state index is -0.402. The first-order valence-electron chi connectivity index (χ1n) is 5.58. The van der Waals surface area contributed by atoms with Crippen LogP contribution in [0.3, 0.4) is 0 Å². The number of thiazole rings is 1. The molecule has 1 atom stereocenters. The van der Waals surface area contributed by atoms with Crippen LogP contribution in [-0.4, -0.2) is 27.8 Å². The van der Waals surface area contributed by atoms with Crippen LogP contribution in [0.25, 0.3) is 0 Å². The number of carbonyl (C=O) groups is 1. The SMILES string of the molecule is CCOC(=O)c1ncsc1NC(C)c1cn[nH]c1. The molecule has 6 nitrogen and oxygen atoms in total. The number of hydrogen-bond donors (Lipinski definition) is 2. The molecule has 0 aromatic carbocycles. The number of hydrogen-bond acceptors (Lipinski definition) is 6. The largest absolute Gasteiger partial charge is 0.461 e. The third-order valence-corrected chi connectivity index (χ3v) is 3.16. The lowest BCUT2D eigenvalue weighted by Gasteiger charge is -2.12. The number of nitrogens with zero attached hydrogens (tertiary/aromatic N) is 2. The molecule has 2 heterocycles. The predicted octanol–water partition coefficient (Wildman–Crippen LogP) is 2.22. The average molecular weight is 266 g/mol. The van der Waals surface area contributed by atoms with Gasteiger partial charge in [0.05, 0.1) is 24.4 Å². The topological polar surface area (TPSA) is 79.9 Å². The Morgan fingerprint density at radius 2 is 2.50 bits per heavy atom. The normalized spacial score (nSPS) is 12.1. The van der Waals surface area contributed by atoms with Crippen molar-refractivity contribution in [2.75, 3.05) is 11.9 Å². The third kappa shape index (κ3) is 2.67. The molecule has 0 amide bonds. The number of aromatic nitrogens is 3. The number of nitrogens with one attached hydrogen (secondary N) is 2. The van der Waals surface area contributed by atoms with Crippen LogP contribution in [0, 0.1) is 0 Å². The van der Waals surface area contributed by atoms with Crippen molar-refractivity contribution in [2.24, 2.45) is 0 Å². The number of rotatable bonds is 5. The van der Waals surface area contributed by atoms with E-state index in [1.54, 1.807) is 18.6 Å². The van der Waals surface area contributed by atoms with E-state index in [0.717, 1.165) is 5.56 Å². The van der Waals surface area contributed by atoms with E-state index in [-0.39, 0.29) is 6.04 Å². The first kappa shape index (κ1) is 12.6. The maximum absolute atomic E-state index is 11.7. The highest BCUT2D eigenvalue weighted by Gasteiger charge is 2.18. The van der Waals surface area contributed by atoms with Gasteiger partial charge in [0.15, 0.2) is 5.69 Å². The summed E-state index contributed by atoms with van der Waals surface area (Å²) >= 11 is 1.38. The second kappa shape index (κ2) is 5.63. The molecule has 7 heteroatoms. The zero-order chi connectivity index (χ0) is 13.0. The first-order chi connectivity index (χ1) is 8.72. The molecule has 0 aliphatic heterocycles. The van der Waals surface area contributed by atoms with Gasteiger partial charge in [-0.05, 0) is 13.8 Å². The van der Waals surface area contributed by atoms with Crippen LogP contribution in [-0.2, 0) is 4.74 Å². The van der Waals surface area contributed by atoms with E-state index >= 15 is 0 Å². The van der Waals surface area contributed by atoms with Gasteiger partial charge in [0.25, 0.3) is 0 Å². The van der Waals surface area contributed by atoms with Crippen LogP contribution in [0.2, 0.25) is 0 Å². The molecule has 0 aliphatic rings. The number of ether oxygens (including phenoxy) is 1. The standard InChI is InChI=1S/C11H14N4O2S/c1-3-17-11(16)9-10(18-6-12-9)15-7(2)8-4-13-14-5-8/h4-7,15H,3H2,1-2H3,(H,13,14). The lowest BCUT2D eigenvalue weighted by Crippen LogP contribution is -2.11. The van der Waals surface area contributed by atoms with Gasteiger partial charge in [-0.3, -0.25) is 5.10 Å². The Morgan fingerprint density at radius 3 is 3.17 bits per heavy atom. The Kier molecular flexibility index (Phi) is 3.93. The van der Waals surface area contributed by atoms with Crippen molar-refractivity contribution >= 4 is 22.3 Å². The van der Waals surface area contributed by atoms with Crippen molar-refractivity contribution in [2.45, 2.75) is 19.9 Å². The summed E-state index contributed by atoms with van der Waals surface area (Å²) in [7, 11) is 0. The van der Waals surface area contributed by atoms with E-state index in [2.05, 4.69) is 20.5 Å². The van der Waals surface area contributed by atoms with E-state index in [1.165, 1.54) is 11.3 Å². The van der Waals surface area contributed by atoms with E-state index in [9.17, 15) is 4.79 Å². The van der Waals surface area contributed by atoms with E-state index in [0.29, 0.717) is 17.3 Å². The van der Waals surface area contributed by atoms with Gasteiger partial charge in [0.1, 0.15) is 5.00 Å². The summed E-state index contributed by atoms with van der Waals surface area (Å²) in [5.74, 6) is -0.402. The first-order valence-corrected chi connectivity index (χ1v) is 6.46. The number of H-pyrrole nitrogens is 1. The fourth-order valence-corrected chi connectivity index (χ4v) is 2.23. The Bertz CT molecular complexity index is 509. The van der Waals surface area contributed by atoms with Crippen LogP contribution in [0.1, 0.15) is 35.9 Å². The minimum absolute atomic E-state index is 0.0392.